The molecular formula is C26H23F2N3O. The van der Waals surface area contributed by atoms with E-state index >= 15 is 0 Å². The zero-order chi connectivity index (χ0) is 22.2. The molecule has 4 aromatic rings. The minimum atomic E-state index is -2.69. The molecule has 0 radical (unpaired) electrons. The molecule has 0 amide bonds. The van der Waals surface area contributed by atoms with Crippen LogP contribution in [0.25, 0.3) is 11.0 Å². The summed E-state index contributed by atoms with van der Waals surface area (Å²) < 4.78 is 28.9. The minimum absolute atomic E-state index is 0.0541. The van der Waals surface area contributed by atoms with Crippen molar-refractivity contribution in [3.8, 4) is 0 Å². The SMILES string of the molecule is CC1=NOC(C)C1c1cnc2c(c1)c(C(c1ccccc1)c1ccccc1)cn2C(F)F. The predicted molar refractivity (Wildman–Crippen MR) is 121 cm³/mol. The van der Waals surface area contributed by atoms with Crippen LogP contribution in [0, 0.1) is 0 Å². The maximum absolute atomic E-state index is 14.0. The number of nitrogens with zero attached hydrogens (tertiary/aromatic N) is 3. The van der Waals surface area contributed by atoms with Crippen molar-refractivity contribution in [1.82, 2.24) is 9.55 Å². The summed E-state index contributed by atoms with van der Waals surface area (Å²) in [6, 6.07) is 21.9. The third-order valence-corrected chi connectivity index (χ3v) is 6.15. The smallest absolute Gasteiger partial charge is 0.320 e. The highest BCUT2D eigenvalue weighted by atomic mass is 19.3. The Kier molecular flexibility index (Phi) is 5.21. The first-order chi connectivity index (χ1) is 15.5. The number of alkyl halides is 2. The van der Waals surface area contributed by atoms with Gasteiger partial charge >= 0.3 is 6.55 Å². The van der Waals surface area contributed by atoms with Crippen molar-refractivity contribution in [3.05, 3.63) is 101 Å². The Bertz CT molecular complexity index is 1230. The fourth-order valence-electron chi connectivity index (χ4n) is 4.70. The van der Waals surface area contributed by atoms with Crippen molar-refractivity contribution < 1.29 is 13.6 Å². The van der Waals surface area contributed by atoms with Crippen LogP contribution >= 0.6 is 0 Å². The normalized spacial score (nSPS) is 18.4. The zero-order valence-corrected chi connectivity index (χ0v) is 17.8. The first kappa shape index (κ1) is 20.4. The Morgan fingerprint density at radius 1 is 0.969 bits per heavy atom. The van der Waals surface area contributed by atoms with Gasteiger partial charge in [0.25, 0.3) is 0 Å². The molecule has 2 aromatic carbocycles. The highest BCUT2D eigenvalue weighted by Gasteiger charge is 2.31. The Labute approximate surface area is 185 Å². The molecule has 0 aliphatic carbocycles. The zero-order valence-electron chi connectivity index (χ0n) is 17.8. The number of aromatic nitrogens is 2. The van der Waals surface area contributed by atoms with Crippen molar-refractivity contribution >= 4 is 16.7 Å². The van der Waals surface area contributed by atoms with Gasteiger partial charge in [-0.1, -0.05) is 65.8 Å². The average Bonchev–Trinajstić information content (AvgIpc) is 3.35. The summed E-state index contributed by atoms with van der Waals surface area (Å²) in [5.41, 5.74) is 4.92. The number of hydrogen-bond acceptors (Lipinski definition) is 3. The van der Waals surface area contributed by atoms with Crippen molar-refractivity contribution in [2.45, 2.75) is 38.3 Å². The molecule has 1 aliphatic rings. The molecule has 1 aliphatic heterocycles. The van der Waals surface area contributed by atoms with Crippen LogP contribution in [0.15, 0.2) is 84.3 Å². The summed E-state index contributed by atoms with van der Waals surface area (Å²) in [7, 11) is 0. The standard InChI is InChI=1S/C26H23F2N3O/c1-16-23(17(2)32-30-16)20-13-21-22(15-31(26(27)28)25(21)29-14-20)24(18-9-5-3-6-10-18)19-11-7-4-8-12-19/h3-15,17,23-24,26H,1-2H3. The van der Waals surface area contributed by atoms with Crippen LogP contribution in [0.4, 0.5) is 8.78 Å². The Hall–Kier alpha value is -3.54. The van der Waals surface area contributed by atoms with Crippen molar-refractivity contribution in [2.24, 2.45) is 5.16 Å². The maximum Gasteiger partial charge on any atom is 0.320 e. The van der Waals surface area contributed by atoms with Crippen LogP contribution in [-0.4, -0.2) is 21.4 Å². The summed E-state index contributed by atoms with van der Waals surface area (Å²) >= 11 is 0. The molecule has 4 nitrogen and oxygen atoms in total. The molecule has 0 spiro atoms. The lowest BCUT2D eigenvalue weighted by Crippen LogP contribution is -2.16. The topological polar surface area (TPSA) is 39.4 Å². The quantitative estimate of drug-likeness (QED) is 0.362. The van der Waals surface area contributed by atoms with E-state index in [4.69, 9.17) is 4.84 Å². The second-order valence-corrected chi connectivity index (χ2v) is 8.18. The molecule has 0 bridgehead atoms. The van der Waals surface area contributed by atoms with Gasteiger partial charge in [0.1, 0.15) is 11.8 Å². The van der Waals surface area contributed by atoms with Crippen molar-refractivity contribution in [2.75, 3.05) is 0 Å². The number of oxime groups is 1. The molecule has 0 N–H and O–H groups in total. The number of fused-ring (bicyclic) bond motifs is 1. The molecule has 2 unspecified atom stereocenters. The van der Waals surface area contributed by atoms with Gasteiger partial charge in [0.05, 0.1) is 11.6 Å². The lowest BCUT2D eigenvalue weighted by atomic mass is 9.84. The van der Waals surface area contributed by atoms with E-state index in [1.807, 2.05) is 80.6 Å². The van der Waals surface area contributed by atoms with E-state index in [2.05, 4.69) is 10.1 Å². The van der Waals surface area contributed by atoms with Gasteiger partial charge in [-0.15, -0.1) is 0 Å². The molecular weight excluding hydrogens is 408 g/mol. The van der Waals surface area contributed by atoms with E-state index in [-0.39, 0.29) is 23.6 Å². The fourth-order valence-corrected chi connectivity index (χ4v) is 4.70. The van der Waals surface area contributed by atoms with Crippen LogP contribution in [0.1, 0.15) is 54.5 Å². The highest BCUT2D eigenvalue weighted by Crippen LogP contribution is 2.39. The van der Waals surface area contributed by atoms with Gasteiger partial charge in [-0.25, -0.2) is 4.98 Å². The molecule has 2 atom stereocenters. The summed E-state index contributed by atoms with van der Waals surface area (Å²) in [4.78, 5) is 9.92. The second kappa shape index (κ2) is 8.19. The molecule has 0 fully saturated rings. The van der Waals surface area contributed by atoms with E-state index in [0.717, 1.165) is 32.5 Å². The van der Waals surface area contributed by atoms with E-state index in [9.17, 15) is 8.78 Å². The molecule has 3 heterocycles. The number of rotatable bonds is 5. The average molecular weight is 431 g/mol. The Balaban J connectivity index is 1.75. The third-order valence-electron chi connectivity index (χ3n) is 6.15. The first-order valence-electron chi connectivity index (χ1n) is 10.6. The van der Waals surface area contributed by atoms with Gasteiger partial charge in [0, 0.05) is 23.7 Å². The van der Waals surface area contributed by atoms with E-state index in [0.29, 0.717) is 5.39 Å². The van der Waals surface area contributed by atoms with Gasteiger partial charge in [-0.3, -0.25) is 4.57 Å². The van der Waals surface area contributed by atoms with Crippen molar-refractivity contribution in [1.29, 1.82) is 0 Å². The fraction of sp³-hybridized carbons (Fsp3) is 0.231. The minimum Gasteiger partial charge on any atom is -0.392 e. The predicted octanol–water partition coefficient (Wildman–Crippen LogP) is 6.49. The van der Waals surface area contributed by atoms with Gasteiger partial charge in [-0.2, -0.15) is 8.78 Å². The largest absolute Gasteiger partial charge is 0.392 e. The number of pyridine rings is 1. The van der Waals surface area contributed by atoms with E-state index in [1.54, 1.807) is 12.4 Å². The summed E-state index contributed by atoms with van der Waals surface area (Å²) in [6.45, 7) is 1.19. The maximum atomic E-state index is 14.0. The summed E-state index contributed by atoms with van der Waals surface area (Å²) in [6.07, 6.45) is 3.08. The van der Waals surface area contributed by atoms with Crippen LogP contribution in [0.2, 0.25) is 0 Å². The molecule has 0 saturated carbocycles. The Morgan fingerprint density at radius 3 is 2.12 bits per heavy atom. The van der Waals surface area contributed by atoms with Gasteiger partial charge in [0.2, 0.25) is 0 Å². The lowest BCUT2D eigenvalue weighted by Gasteiger charge is -2.19. The monoisotopic (exact) mass is 431 g/mol. The van der Waals surface area contributed by atoms with E-state index in [1.165, 1.54) is 0 Å². The van der Waals surface area contributed by atoms with Crippen LogP contribution in [-0.2, 0) is 4.84 Å². The van der Waals surface area contributed by atoms with Crippen molar-refractivity contribution in [3.63, 3.8) is 0 Å². The van der Waals surface area contributed by atoms with Gasteiger partial charge in [0.15, 0.2) is 0 Å². The van der Waals surface area contributed by atoms with Gasteiger partial charge < -0.3 is 4.84 Å². The lowest BCUT2D eigenvalue weighted by molar-refractivity contribution is 0.0744. The third kappa shape index (κ3) is 3.45. The molecule has 5 rings (SSSR count). The van der Waals surface area contributed by atoms with Gasteiger partial charge in [-0.05, 0) is 42.2 Å². The Morgan fingerprint density at radius 2 is 1.59 bits per heavy atom. The molecule has 2 aromatic heterocycles. The van der Waals surface area contributed by atoms with E-state index < -0.39 is 6.55 Å². The first-order valence-corrected chi connectivity index (χ1v) is 10.6. The molecule has 0 saturated heterocycles. The van der Waals surface area contributed by atoms with Crippen LogP contribution in [0.3, 0.4) is 0 Å². The summed E-state index contributed by atoms with van der Waals surface area (Å²) in [5, 5.41) is 4.82. The van der Waals surface area contributed by atoms with Crippen LogP contribution < -0.4 is 0 Å². The summed E-state index contributed by atoms with van der Waals surface area (Å²) in [5.74, 6) is -0.259. The molecule has 32 heavy (non-hydrogen) atoms. The highest BCUT2D eigenvalue weighted by molar-refractivity contribution is 5.91. The number of hydrogen-bond donors (Lipinski definition) is 0. The number of benzene rings is 2. The van der Waals surface area contributed by atoms with Crippen LogP contribution in [0.5, 0.6) is 0 Å². The molecule has 162 valence electrons. The second-order valence-electron chi connectivity index (χ2n) is 8.18. The molecule has 6 heteroatoms. The number of halogens is 2.